The predicted molar refractivity (Wildman–Crippen MR) is 71.4 cm³/mol. The third-order valence-electron chi connectivity index (χ3n) is 4.11. The first-order valence-corrected chi connectivity index (χ1v) is 6.98. The molecule has 106 valence electrons. The van der Waals surface area contributed by atoms with Gasteiger partial charge < -0.3 is 16.2 Å². The molecule has 2 aliphatic rings. The van der Waals surface area contributed by atoms with Crippen LogP contribution in [0.25, 0.3) is 0 Å². The molecule has 0 bridgehead atoms. The number of hydrogen-bond donors (Lipinski definition) is 3. The molecule has 19 heavy (non-hydrogen) atoms. The van der Waals surface area contributed by atoms with Crippen molar-refractivity contribution in [3.63, 3.8) is 0 Å². The van der Waals surface area contributed by atoms with E-state index in [-0.39, 0.29) is 17.5 Å². The zero-order chi connectivity index (χ0) is 13.9. The highest BCUT2D eigenvalue weighted by Crippen LogP contribution is 2.28. The van der Waals surface area contributed by atoms with E-state index in [9.17, 15) is 9.59 Å². The standard InChI is InChI=1S/C14H22N2O3/c15-14(6-2-1-3-7-14)9-12(17)16-11-5-4-10(8-11)13(18)19/h4-5,10-11H,1-3,6-9,15H2,(H,16,17)(H,18,19). The molecule has 0 heterocycles. The van der Waals surface area contributed by atoms with Crippen molar-refractivity contribution in [3.05, 3.63) is 12.2 Å². The average Bonchev–Trinajstić information content (AvgIpc) is 2.77. The molecule has 5 heteroatoms. The fraction of sp³-hybridized carbons (Fsp3) is 0.714. The predicted octanol–water partition coefficient (Wildman–Crippen LogP) is 1.18. The van der Waals surface area contributed by atoms with Crippen LogP contribution >= 0.6 is 0 Å². The van der Waals surface area contributed by atoms with Crippen molar-refractivity contribution < 1.29 is 14.7 Å². The number of carboxylic acid groups (broad SMARTS) is 1. The summed E-state index contributed by atoms with van der Waals surface area (Å²) in [7, 11) is 0. The van der Waals surface area contributed by atoms with Gasteiger partial charge in [-0.3, -0.25) is 9.59 Å². The second kappa shape index (κ2) is 5.74. The highest BCUT2D eigenvalue weighted by atomic mass is 16.4. The SMILES string of the molecule is NC1(CC(=O)NC2C=CC(C(=O)O)C2)CCCCC1. The van der Waals surface area contributed by atoms with E-state index in [1.807, 2.05) is 0 Å². The van der Waals surface area contributed by atoms with Gasteiger partial charge in [-0.05, 0) is 19.3 Å². The first kappa shape index (κ1) is 14.1. The Bertz CT molecular complexity index is 386. The van der Waals surface area contributed by atoms with Gasteiger partial charge in [0.1, 0.15) is 0 Å². The number of carbonyl (C=O) groups excluding carboxylic acids is 1. The van der Waals surface area contributed by atoms with E-state index in [0.29, 0.717) is 12.8 Å². The molecule has 0 aromatic carbocycles. The van der Waals surface area contributed by atoms with Crippen LogP contribution in [0.4, 0.5) is 0 Å². The Morgan fingerprint density at radius 2 is 1.95 bits per heavy atom. The highest BCUT2D eigenvalue weighted by molar-refractivity contribution is 5.78. The van der Waals surface area contributed by atoms with Crippen molar-refractivity contribution in [2.45, 2.75) is 56.5 Å². The molecule has 0 aromatic heterocycles. The van der Waals surface area contributed by atoms with Crippen molar-refractivity contribution >= 4 is 11.9 Å². The summed E-state index contributed by atoms with van der Waals surface area (Å²) < 4.78 is 0. The summed E-state index contributed by atoms with van der Waals surface area (Å²) in [5, 5.41) is 11.8. The zero-order valence-corrected chi connectivity index (χ0v) is 11.1. The van der Waals surface area contributed by atoms with Gasteiger partial charge in [0, 0.05) is 18.0 Å². The van der Waals surface area contributed by atoms with Crippen molar-refractivity contribution in [3.8, 4) is 0 Å². The summed E-state index contributed by atoms with van der Waals surface area (Å²) in [5.41, 5.74) is 5.87. The van der Waals surface area contributed by atoms with Crippen LogP contribution in [0, 0.1) is 5.92 Å². The fourth-order valence-electron chi connectivity index (χ4n) is 3.00. The minimum absolute atomic E-state index is 0.0647. The highest BCUT2D eigenvalue weighted by Gasteiger charge is 2.31. The Balaban J connectivity index is 1.79. The summed E-state index contributed by atoms with van der Waals surface area (Å²) >= 11 is 0. The number of carboxylic acids is 1. The molecule has 2 rings (SSSR count). The quantitative estimate of drug-likeness (QED) is 0.666. The van der Waals surface area contributed by atoms with Crippen LogP contribution in [-0.2, 0) is 9.59 Å². The molecule has 2 aliphatic carbocycles. The molecule has 2 atom stereocenters. The van der Waals surface area contributed by atoms with Gasteiger partial charge in [-0.1, -0.05) is 31.4 Å². The first-order chi connectivity index (χ1) is 8.98. The first-order valence-electron chi connectivity index (χ1n) is 6.98. The Morgan fingerprint density at radius 3 is 2.53 bits per heavy atom. The topological polar surface area (TPSA) is 92.4 Å². The normalized spacial score (nSPS) is 29.1. The molecule has 0 spiro atoms. The van der Waals surface area contributed by atoms with Crippen molar-refractivity contribution in [1.82, 2.24) is 5.32 Å². The summed E-state index contributed by atoms with van der Waals surface area (Å²) in [5.74, 6) is -1.38. The molecule has 1 amide bonds. The lowest BCUT2D eigenvalue weighted by Crippen LogP contribution is -2.47. The minimum atomic E-state index is -0.837. The molecule has 0 aromatic rings. The maximum absolute atomic E-state index is 12.0. The van der Waals surface area contributed by atoms with Gasteiger partial charge in [0.15, 0.2) is 0 Å². The van der Waals surface area contributed by atoms with Gasteiger partial charge >= 0.3 is 5.97 Å². The van der Waals surface area contributed by atoms with E-state index >= 15 is 0 Å². The fourth-order valence-corrected chi connectivity index (χ4v) is 3.00. The third-order valence-corrected chi connectivity index (χ3v) is 4.11. The Kier molecular flexibility index (Phi) is 4.24. The van der Waals surface area contributed by atoms with Crippen LogP contribution in [0.15, 0.2) is 12.2 Å². The summed E-state index contributed by atoms with van der Waals surface area (Å²) in [6, 6.07) is -0.166. The lowest BCUT2D eigenvalue weighted by atomic mass is 9.80. The Labute approximate surface area is 113 Å². The molecule has 1 saturated carbocycles. The zero-order valence-electron chi connectivity index (χ0n) is 11.1. The number of amides is 1. The van der Waals surface area contributed by atoms with E-state index in [2.05, 4.69) is 5.32 Å². The van der Waals surface area contributed by atoms with E-state index in [1.165, 1.54) is 6.42 Å². The van der Waals surface area contributed by atoms with Crippen LogP contribution in [0.2, 0.25) is 0 Å². The summed E-state index contributed by atoms with van der Waals surface area (Å²) in [6.07, 6.45) is 9.38. The molecular weight excluding hydrogens is 244 g/mol. The van der Waals surface area contributed by atoms with Crippen molar-refractivity contribution in [2.24, 2.45) is 11.7 Å². The van der Waals surface area contributed by atoms with Crippen LogP contribution in [0.1, 0.15) is 44.9 Å². The third kappa shape index (κ3) is 3.80. The second-order valence-corrected chi connectivity index (χ2v) is 5.84. The van der Waals surface area contributed by atoms with Gasteiger partial charge in [-0.15, -0.1) is 0 Å². The van der Waals surface area contributed by atoms with Gasteiger partial charge in [0.25, 0.3) is 0 Å². The number of aliphatic carboxylic acids is 1. The Morgan fingerprint density at radius 1 is 1.26 bits per heavy atom. The molecule has 2 unspecified atom stereocenters. The number of rotatable bonds is 4. The molecule has 0 radical (unpaired) electrons. The lowest BCUT2D eigenvalue weighted by molar-refractivity contribution is -0.140. The molecule has 4 N–H and O–H groups in total. The second-order valence-electron chi connectivity index (χ2n) is 5.84. The van der Waals surface area contributed by atoms with E-state index in [1.54, 1.807) is 12.2 Å². The van der Waals surface area contributed by atoms with Gasteiger partial charge in [-0.25, -0.2) is 0 Å². The number of nitrogens with one attached hydrogen (secondary N) is 1. The van der Waals surface area contributed by atoms with E-state index in [4.69, 9.17) is 10.8 Å². The molecular formula is C14H22N2O3. The summed E-state index contributed by atoms with van der Waals surface area (Å²) in [4.78, 5) is 22.8. The maximum Gasteiger partial charge on any atom is 0.310 e. The molecule has 5 nitrogen and oxygen atoms in total. The molecule has 0 saturated heterocycles. The van der Waals surface area contributed by atoms with Crippen LogP contribution < -0.4 is 11.1 Å². The average molecular weight is 266 g/mol. The van der Waals surface area contributed by atoms with E-state index < -0.39 is 11.9 Å². The Hall–Kier alpha value is -1.36. The molecule has 1 fully saturated rings. The monoisotopic (exact) mass is 266 g/mol. The van der Waals surface area contributed by atoms with Crippen molar-refractivity contribution in [2.75, 3.05) is 0 Å². The number of nitrogens with two attached hydrogens (primary N) is 1. The van der Waals surface area contributed by atoms with Crippen LogP contribution in [0.5, 0.6) is 0 Å². The minimum Gasteiger partial charge on any atom is -0.481 e. The lowest BCUT2D eigenvalue weighted by Gasteiger charge is -2.33. The van der Waals surface area contributed by atoms with Crippen LogP contribution in [0.3, 0.4) is 0 Å². The number of carbonyl (C=O) groups is 2. The van der Waals surface area contributed by atoms with Crippen LogP contribution in [-0.4, -0.2) is 28.6 Å². The molecule has 0 aliphatic heterocycles. The van der Waals surface area contributed by atoms with Gasteiger partial charge in [0.05, 0.1) is 5.92 Å². The summed E-state index contributed by atoms with van der Waals surface area (Å²) in [6.45, 7) is 0. The van der Waals surface area contributed by atoms with Gasteiger partial charge in [0.2, 0.25) is 5.91 Å². The smallest absolute Gasteiger partial charge is 0.310 e. The van der Waals surface area contributed by atoms with E-state index in [0.717, 1.165) is 25.7 Å². The van der Waals surface area contributed by atoms with Gasteiger partial charge in [-0.2, -0.15) is 0 Å². The number of hydrogen-bond acceptors (Lipinski definition) is 3. The largest absolute Gasteiger partial charge is 0.481 e. The maximum atomic E-state index is 12.0. The van der Waals surface area contributed by atoms with Crippen molar-refractivity contribution in [1.29, 1.82) is 0 Å².